The van der Waals surface area contributed by atoms with Gasteiger partial charge in [-0.2, -0.15) is 0 Å². The minimum atomic E-state index is -0.331. The molecule has 0 aliphatic carbocycles. The summed E-state index contributed by atoms with van der Waals surface area (Å²) in [6, 6.07) is 13.3. The molecule has 0 aromatic heterocycles. The molecule has 1 atom stereocenters. The van der Waals surface area contributed by atoms with Gasteiger partial charge in [-0.05, 0) is 48.2 Å². The van der Waals surface area contributed by atoms with E-state index in [0.29, 0.717) is 6.10 Å². The van der Waals surface area contributed by atoms with Crippen LogP contribution < -0.4 is 4.74 Å². The van der Waals surface area contributed by atoms with E-state index < -0.39 is 0 Å². The van der Waals surface area contributed by atoms with Crippen LogP contribution in [-0.4, -0.2) is 38.3 Å². The van der Waals surface area contributed by atoms with E-state index >= 15 is 0 Å². The number of rotatable bonds is 5. The van der Waals surface area contributed by atoms with Gasteiger partial charge >= 0.3 is 0 Å². The van der Waals surface area contributed by atoms with Gasteiger partial charge in [-0.15, -0.1) is 0 Å². The molecule has 0 spiro atoms. The molecular weight excluding hydrogens is 305 g/mol. The number of piperidine rings is 1. The Balaban J connectivity index is 1.84. The van der Waals surface area contributed by atoms with Crippen LogP contribution in [0.4, 0.5) is 4.39 Å². The second-order valence-corrected chi connectivity index (χ2v) is 6.24. The molecule has 1 aliphatic rings. The predicted octanol–water partition coefficient (Wildman–Crippen LogP) is 4.11. The number of halogens is 1. The molecule has 1 aliphatic heterocycles. The van der Waals surface area contributed by atoms with Crippen LogP contribution in [0.3, 0.4) is 0 Å². The highest BCUT2D eigenvalue weighted by Crippen LogP contribution is 2.29. The van der Waals surface area contributed by atoms with E-state index in [1.165, 1.54) is 12.7 Å². The summed E-state index contributed by atoms with van der Waals surface area (Å²) in [7, 11) is 3.26. The van der Waals surface area contributed by atoms with Crippen molar-refractivity contribution in [3.05, 3.63) is 53.8 Å². The Morgan fingerprint density at radius 1 is 1.17 bits per heavy atom. The normalized spacial score (nSPS) is 18.5. The zero-order valence-electron chi connectivity index (χ0n) is 14.3. The van der Waals surface area contributed by atoms with E-state index in [0.717, 1.165) is 43.6 Å². The van der Waals surface area contributed by atoms with Crippen LogP contribution in [0, 0.1) is 5.82 Å². The monoisotopic (exact) mass is 329 g/mol. The first-order valence-corrected chi connectivity index (χ1v) is 8.38. The molecule has 0 saturated carbocycles. The van der Waals surface area contributed by atoms with Gasteiger partial charge in [0.05, 0.1) is 13.2 Å². The van der Waals surface area contributed by atoms with E-state index in [-0.39, 0.29) is 11.6 Å². The number of nitrogens with zero attached hydrogens (tertiary/aromatic N) is 1. The van der Waals surface area contributed by atoms with Crippen molar-refractivity contribution in [3.8, 4) is 16.9 Å². The maximum Gasteiger partial charge on any atom is 0.165 e. The van der Waals surface area contributed by atoms with Crippen LogP contribution in [0.2, 0.25) is 0 Å². The highest BCUT2D eigenvalue weighted by Gasteiger charge is 2.20. The first-order chi connectivity index (χ1) is 11.7. The van der Waals surface area contributed by atoms with Gasteiger partial charge in [0.15, 0.2) is 11.6 Å². The number of hydrogen-bond acceptors (Lipinski definition) is 3. The standard InChI is InChI=1S/C20H24FNO2/c1-23-17-7-5-11-22(14-17)13-16-6-3-4-8-18(16)15-9-10-20(24-2)19(21)12-15/h3-4,6,8-10,12,17H,5,7,11,13-14H2,1-2H3. The quantitative estimate of drug-likeness (QED) is 0.824. The van der Waals surface area contributed by atoms with Crippen LogP contribution in [0.1, 0.15) is 18.4 Å². The summed E-state index contributed by atoms with van der Waals surface area (Å²) in [5.74, 6) is -0.0579. The van der Waals surface area contributed by atoms with Gasteiger partial charge in [-0.25, -0.2) is 4.39 Å². The van der Waals surface area contributed by atoms with Crippen molar-refractivity contribution >= 4 is 0 Å². The first kappa shape index (κ1) is 16.9. The van der Waals surface area contributed by atoms with E-state index in [9.17, 15) is 4.39 Å². The Kier molecular flexibility index (Phi) is 5.48. The molecular formula is C20H24FNO2. The number of likely N-dealkylation sites (tertiary alicyclic amines) is 1. The fourth-order valence-electron chi connectivity index (χ4n) is 3.36. The van der Waals surface area contributed by atoms with E-state index in [1.807, 2.05) is 24.3 Å². The minimum absolute atomic E-state index is 0.273. The number of hydrogen-bond donors (Lipinski definition) is 0. The van der Waals surface area contributed by atoms with Crippen LogP contribution in [-0.2, 0) is 11.3 Å². The SMILES string of the molecule is COc1ccc(-c2ccccc2CN2CCCC(OC)C2)cc1F. The molecule has 2 aromatic rings. The summed E-state index contributed by atoms with van der Waals surface area (Å²) in [6.45, 7) is 2.87. The Labute approximate surface area is 143 Å². The number of methoxy groups -OCH3 is 2. The zero-order chi connectivity index (χ0) is 16.9. The molecule has 4 heteroatoms. The molecule has 0 amide bonds. The lowest BCUT2D eigenvalue weighted by atomic mass is 9.98. The molecule has 1 fully saturated rings. The van der Waals surface area contributed by atoms with Crippen molar-refractivity contribution in [2.45, 2.75) is 25.5 Å². The summed E-state index contributed by atoms with van der Waals surface area (Å²) < 4.78 is 24.6. The smallest absolute Gasteiger partial charge is 0.165 e. The summed E-state index contributed by atoms with van der Waals surface area (Å²) in [4.78, 5) is 2.41. The third-order valence-electron chi connectivity index (χ3n) is 4.67. The van der Waals surface area contributed by atoms with Crippen LogP contribution in [0.25, 0.3) is 11.1 Å². The molecule has 0 N–H and O–H groups in total. The van der Waals surface area contributed by atoms with Gasteiger partial charge in [-0.3, -0.25) is 4.90 Å². The molecule has 2 aromatic carbocycles. The summed E-state index contributed by atoms with van der Waals surface area (Å²) in [5.41, 5.74) is 3.15. The van der Waals surface area contributed by atoms with Crippen molar-refractivity contribution < 1.29 is 13.9 Å². The number of ether oxygens (including phenoxy) is 2. The van der Waals surface area contributed by atoms with E-state index in [2.05, 4.69) is 11.0 Å². The second kappa shape index (κ2) is 7.77. The van der Waals surface area contributed by atoms with Crippen molar-refractivity contribution in [2.75, 3.05) is 27.3 Å². The summed E-state index contributed by atoms with van der Waals surface area (Å²) in [6.07, 6.45) is 2.58. The van der Waals surface area contributed by atoms with Crippen molar-refractivity contribution in [1.82, 2.24) is 4.90 Å². The van der Waals surface area contributed by atoms with Gasteiger partial charge < -0.3 is 9.47 Å². The van der Waals surface area contributed by atoms with Crippen LogP contribution >= 0.6 is 0 Å². The molecule has 1 unspecified atom stereocenters. The third-order valence-corrected chi connectivity index (χ3v) is 4.67. The highest BCUT2D eigenvalue weighted by molar-refractivity contribution is 5.68. The molecule has 3 rings (SSSR count). The molecule has 128 valence electrons. The molecule has 24 heavy (non-hydrogen) atoms. The largest absolute Gasteiger partial charge is 0.494 e. The second-order valence-electron chi connectivity index (χ2n) is 6.24. The molecule has 3 nitrogen and oxygen atoms in total. The molecule has 0 radical (unpaired) electrons. The number of benzene rings is 2. The summed E-state index contributed by atoms with van der Waals surface area (Å²) in [5, 5.41) is 0. The van der Waals surface area contributed by atoms with Gasteiger partial charge in [0.2, 0.25) is 0 Å². The maximum atomic E-state index is 14.1. The van der Waals surface area contributed by atoms with E-state index in [4.69, 9.17) is 9.47 Å². The third kappa shape index (κ3) is 3.77. The van der Waals surface area contributed by atoms with Gasteiger partial charge in [0.25, 0.3) is 0 Å². The van der Waals surface area contributed by atoms with Gasteiger partial charge in [0.1, 0.15) is 0 Å². The maximum absolute atomic E-state index is 14.1. The first-order valence-electron chi connectivity index (χ1n) is 8.38. The van der Waals surface area contributed by atoms with Crippen LogP contribution in [0.15, 0.2) is 42.5 Å². The molecule has 1 saturated heterocycles. The summed E-state index contributed by atoms with van der Waals surface area (Å²) >= 11 is 0. The average molecular weight is 329 g/mol. The highest BCUT2D eigenvalue weighted by atomic mass is 19.1. The van der Waals surface area contributed by atoms with Gasteiger partial charge in [0, 0.05) is 20.2 Å². The lowest BCUT2D eigenvalue weighted by molar-refractivity contribution is 0.0286. The lowest BCUT2D eigenvalue weighted by Crippen LogP contribution is -2.38. The molecule has 1 heterocycles. The molecule has 0 bridgehead atoms. The van der Waals surface area contributed by atoms with Crippen molar-refractivity contribution in [3.63, 3.8) is 0 Å². The lowest BCUT2D eigenvalue weighted by Gasteiger charge is -2.32. The van der Waals surface area contributed by atoms with Crippen molar-refractivity contribution in [1.29, 1.82) is 0 Å². The fourth-order valence-corrected chi connectivity index (χ4v) is 3.36. The Bertz CT molecular complexity index is 689. The Morgan fingerprint density at radius 2 is 2.00 bits per heavy atom. The Hall–Kier alpha value is -1.91. The average Bonchev–Trinajstić information content (AvgIpc) is 2.62. The van der Waals surface area contributed by atoms with E-state index in [1.54, 1.807) is 19.2 Å². The fraction of sp³-hybridized carbons (Fsp3) is 0.400. The van der Waals surface area contributed by atoms with Gasteiger partial charge in [-0.1, -0.05) is 30.3 Å². The minimum Gasteiger partial charge on any atom is -0.494 e. The van der Waals surface area contributed by atoms with Crippen LogP contribution in [0.5, 0.6) is 5.75 Å². The zero-order valence-corrected chi connectivity index (χ0v) is 14.3. The van der Waals surface area contributed by atoms with Crippen molar-refractivity contribution in [2.24, 2.45) is 0 Å². The Morgan fingerprint density at radius 3 is 2.75 bits per heavy atom. The predicted molar refractivity (Wildman–Crippen MR) is 93.7 cm³/mol. The topological polar surface area (TPSA) is 21.7 Å².